The molecule has 0 aromatic carbocycles. The third-order valence-corrected chi connectivity index (χ3v) is 5.38. The Kier molecular flexibility index (Phi) is 4.29. The summed E-state index contributed by atoms with van der Waals surface area (Å²) in [6, 6.07) is 3.59. The van der Waals surface area contributed by atoms with E-state index in [9.17, 15) is 13.2 Å². The molecule has 0 unspecified atom stereocenters. The predicted molar refractivity (Wildman–Crippen MR) is 93.6 cm³/mol. The van der Waals surface area contributed by atoms with E-state index in [4.69, 9.17) is 0 Å². The molecular formula is C16H13F3N8S. The van der Waals surface area contributed by atoms with Crippen LogP contribution in [-0.2, 0) is 13.2 Å². The molecule has 4 heterocycles. The van der Waals surface area contributed by atoms with E-state index >= 15 is 0 Å². The number of halogens is 3. The first-order valence-corrected chi connectivity index (χ1v) is 8.86. The molecule has 0 bridgehead atoms. The quantitative estimate of drug-likeness (QED) is 0.517. The fraction of sp³-hybridized carbons (Fsp3) is 0.250. The van der Waals surface area contributed by atoms with Crippen LogP contribution in [0.4, 0.5) is 13.2 Å². The molecule has 0 aliphatic heterocycles. The smallest absolute Gasteiger partial charge is 0.305 e. The number of pyridine rings is 1. The first-order valence-electron chi connectivity index (χ1n) is 8.05. The van der Waals surface area contributed by atoms with Gasteiger partial charge in [0, 0.05) is 30.6 Å². The minimum atomic E-state index is -4.66. The molecule has 0 amide bonds. The monoisotopic (exact) mass is 406 g/mol. The highest BCUT2D eigenvalue weighted by Gasteiger charge is 2.38. The van der Waals surface area contributed by atoms with Crippen LogP contribution in [-0.4, -0.2) is 39.6 Å². The largest absolute Gasteiger partial charge is 0.453 e. The number of rotatable bonds is 3. The van der Waals surface area contributed by atoms with E-state index < -0.39 is 12.0 Å². The zero-order valence-electron chi connectivity index (χ0n) is 14.9. The van der Waals surface area contributed by atoms with Gasteiger partial charge in [0.2, 0.25) is 0 Å². The number of aryl methyl sites for hydroxylation is 1. The van der Waals surface area contributed by atoms with Crippen LogP contribution < -0.4 is 0 Å². The Morgan fingerprint density at radius 3 is 2.36 bits per heavy atom. The minimum Gasteiger partial charge on any atom is -0.305 e. The van der Waals surface area contributed by atoms with Crippen molar-refractivity contribution in [3.8, 4) is 11.4 Å². The van der Waals surface area contributed by atoms with Gasteiger partial charge in [-0.15, -0.1) is 20.4 Å². The Balaban J connectivity index is 1.79. The Morgan fingerprint density at radius 1 is 0.964 bits per heavy atom. The van der Waals surface area contributed by atoms with Crippen LogP contribution in [0.25, 0.3) is 17.0 Å². The first-order chi connectivity index (χ1) is 13.3. The molecule has 8 nitrogen and oxygen atoms in total. The lowest BCUT2D eigenvalue weighted by Gasteiger charge is -2.10. The fourth-order valence-corrected chi connectivity index (χ4v) is 3.53. The van der Waals surface area contributed by atoms with Gasteiger partial charge in [-0.3, -0.25) is 4.98 Å². The van der Waals surface area contributed by atoms with Crippen molar-refractivity contribution in [3.05, 3.63) is 41.5 Å². The molecule has 0 aliphatic carbocycles. The minimum absolute atomic E-state index is 0.0737. The number of hydrogen-bond acceptors (Lipinski definition) is 7. The summed E-state index contributed by atoms with van der Waals surface area (Å²) in [6.07, 6.45) is -1.37. The topological polar surface area (TPSA) is 86.7 Å². The predicted octanol–water partition coefficient (Wildman–Crippen LogP) is 3.10. The summed E-state index contributed by atoms with van der Waals surface area (Å²) in [5.74, 6) is -0.552. The van der Waals surface area contributed by atoms with Crippen molar-refractivity contribution in [3.63, 3.8) is 0 Å². The average molecular weight is 406 g/mol. The van der Waals surface area contributed by atoms with Crippen molar-refractivity contribution in [2.45, 2.75) is 30.2 Å². The maximum absolute atomic E-state index is 13.2. The molecule has 28 heavy (non-hydrogen) atoms. The highest BCUT2D eigenvalue weighted by Crippen LogP contribution is 2.33. The maximum atomic E-state index is 13.2. The van der Waals surface area contributed by atoms with Crippen LogP contribution in [0.5, 0.6) is 0 Å². The summed E-state index contributed by atoms with van der Waals surface area (Å²) in [7, 11) is 1.78. The lowest BCUT2D eigenvalue weighted by molar-refractivity contribution is -0.146. The molecule has 0 aliphatic rings. The Bertz CT molecular complexity index is 1170. The highest BCUT2D eigenvalue weighted by molar-refractivity contribution is 7.99. The molecule has 0 spiro atoms. The maximum Gasteiger partial charge on any atom is 0.453 e. The highest BCUT2D eigenvalue weighted by atomic mass is 32.2. The van der Waals surface area contributed by atoms with E-state index in [1.165, 1.54) is 0 Å². The van der Waals surface area contributed by atoms with Crippen molar-refractivity contribution in [2.75, 3.05) is 0 Å². The van der Waals surface area contributed by atoms with Gasteiger partial charge >= 0.3 is 6.18 Å². The van der Waals surface area contributed by atoms with Crippen LogP contribution in [0, 0.1) is 13.8 Å². The Hall–Kier alpha value is -3.02. The van der Waals surface area contributed by atoms with E-state index in [1.807, 2.05) is 0 Å². The van der Waals surface area contributed by atoms with Gasteiger partial charge in [-0.25, -0.2) is 0 Å². The van der Waals surface area contributed by atoms with Crippen molar-refractivity contribution in [1.29, 1.82) is 0 Å². The number of hydrogen-bond donors (Lipinski definition) is 0. The molecule has 144 valence electrons. The van der Waals surface area contributed by atoms with Gasteiger partial charge in [-0.2, -0.15) is 22.8 Å². The SMILES string of the molecule is Cc1c(Sc2nnc(-c3ccncc3)n2C)nn2c(C(F)(F)F)nnc2c1C. The second-order valence-electron chi connectivity index (χ2n) is 6.02. The van der Waals surface area contributed by atoms with Gasteiger partial charge in [0.1, 0.15) is 5.03 Å². The van der Waals surface area contributed by atoms with Crippen molar-refractivity contribution >= 4 is 17.4 Å². The number of aromatic nitrogens is 8. The van der Waals surface area contributed by atoms with E-state index in [2.05, 4.69) is 30.5 Å². The Labute approximate surface area is 160 Å². The lowest BCUT2D eigenvalue weighted by atomic mass is 10.2. The standard InChI is InChI=1S/C16H13F3N8S/c1-8-9(2)13(25-27-11(8)21-23-14(27)16(17,18)19)28-15-24-22-12(26(15)3)10-4-6-20-7-5-10/h4-7H,1-3H3. The first kappa shape index (κ1) is 18.3. The van der Waals surface area contributed by atoms with Gasteiger partial charge < -0.3 is 4.57 Å². The van der Waals surface area contributed by atoms with Crippen molar-refractivity contribution in [2.24, 2.45) is 7.05 Å². The molecule has 4 aromatic heterocycles. The van der Waals surface area contributed by atoms with Gasteiger partial charge in [-0.05, 0) is 43.3 Å². The van der Waals surface area contributed by atoms with Crippen LogP contribution in [0.15, 0.2) is 34.7 Å². The van der Waals surface area contributed by atoms with Crippen molar-refractivity contribution in [1.82, 2.24) is 39.6 Å². The number of alkyl halides is 3. The second kappa shape index (κ2) is 6.55. The molecule has 4 aromatic rings. The molecule has 0 saturated carbocycles. The zero-order chi connectivity index (χ0) is 20.1. The summed E-state index contributed by atoms with van der Waals surface area (Å²) >= 11 is 1.13. The Morgan fingerprint density at radius 2 is 1.68 bits per heavy atom. The normalized spacial score (nSPS) is 12.1. The second-order valence-corrected chi connectivity index (χ2v) is 6.97. The molecule has 0 atom stereocenters. The summed E-state index contributed by atoms with van der Waals surface area (Å²) < 4.78 is 42.1. The van der Waals surface area contributed by atoms with Gasteiger partial charge in [0.15, 0.2) is 16.6 Å². The molecule has 4 rings (SSSR count). The van der Waals surface area contributed by atoms with Crippen LogP contribution in [0.3, 0.4) is 0 Å². The fourth-order valence-electron chi connectivity index (χ4n) is 2.62. The molecule has 0 N–H and O–H groups in total. The number of nitrogens with zero attached hydrogens (tertiary/aromatic N) is 8. The molecule has 0 fully saturated rings. The van der Waals surface area contributed by atoms with E-state index in [0.717, 1.165) is 21.8 Å². The third kappa shape index (κ3) is 2.99. The van der Waals surface area contributed by atoms with E-state index in [1.54, 1.807) is 50.0 Å². The zero-order valence-corrected chi connectivity index (χ0v) is 15.7. The third-order valence-electron chi connectivity index (χ3n) is 4.27. The van der Waals surface area contributed by atoms with Gasteiger partial charge in [0.05, 0.1) is 0 Å². The molecule has 12 heteroatoms. The lowest BCUT2D eigenvalue weighted by Crippen LogP contribution is -2.13. The van der Waals surface area contributed by atoms with Crippen LogP contribution in [0.2, 0.25) is 0 Å². The van der Waals surface area contributed by atoms with Crippen molar-refractivity contribution < 1.29 is 13.2 Å². The molecule has 0 saturated heterocycles. The summed E-state index contributed by atoms with van der Waals surface area (Å²) in [5.41, 5.74) is 2.17. The van der Waals surface area contributed by atoms with Crippen LogP contribution >= 0.6 is 11.8 Å². The number of fused-ring (bicyclic) bond motifs is 1. The molecule has 0 radical (unpaired) electrons. The summed E-state index contributed by atoms with van der Waals surface area (Å²) in [5, 5.41) is 20.2. The van der Waals surface area contributed by atoms with Gasteiger partial charge in [0.25, 0.3) is 5.82 Å². The average Bonchev–Trinajstić information content (AvgIpc) is 3.24. The van der Waals surface area contributed by atoms with E-state index in [-0.39, 0.29) is 5.65 Å². The summed E-state index contributed by atoms with van der Waals surface area (Å²) in [4.78, 5) is 3.97. The van der Waals surface area contributed by atoms with Crippen LogP contribution in [0.1, 0.15) is 17.0 Å². The summed E-state index contributed by atoms with van der Waals surface area (Å²) in [6.45, 7) is 3.46. The van der Waals surface area contributed by atoms with E-state index in [0.29, 0.717) is 27.1 Å². The van der Waals surface area contributed by atoms with Gasteiger partial charge in [-0.1, -0.05) is 0 Å². The molecular weight excluding hydrogens is 393 g/mol.